The number of unbranched alkanes of at least 4 members (excludes halogenated alkanes) is 4. The molecule has 0 aliphatic rings. The first-order valence-corrected chi connectivity index (χ1v) is 7.29. The van der Waals surface area contributed by atoms with E-state index in [-0.39, 0.29) is 11.8 Å². The Labute approximate surface area is 121 Å². The molecule has 110 valence electrons. The molecular formula is C16H24N2O2. The number of benzene rings is 1. The lowest BCUT2D eigenvalue weighted by Crippen LogP contribution is -2.25. The smallest absolute Gasteiger partial charge is 0.251 e. The highest BCUT2D eigenvalue weighted by molar-refractivity contribution is 5.99. The molecule has 0 aliphatic heterocycles. The highest BCUT2D eigenvalue weighted by Crippen LogP contribution is 2.06. The van der Waals surface area contributed by atoms with E-state index in [2.05, 4.69) is 17.6 Å². The van der Waals surface area contributed by atoms with Gasteiger partial charge in [0.2, 0.25) is 0 Å². The van der Waals surface area contributed by atoms with E-state index in [9.17, 15) is 9.59 Å². The zero-order valence-corrected chi connectivity index (χ0v) is 12.4. The third-order valence-electron chi connectivity index (χ3n) is 3.18. The second kappa shape index (κ2) is 9.13. The maximum atomic E-state index is 12.0. The number of amides is 2. The van der Waals surface area contributed by atoms with Crippen molar-refractivity contribution in [2.75, 3.05) is 13.6 Å². The summed E-state index contributed by atoms with van der Waals surface area (Å²) >= 11 is 0. The summed E-state index contributed by atoms with van der Waals surface area (Å²) in [7, 11) is 1.57. The predicted octanol–water partition coefficient (Wildman–Crippen LogP) is 2.75. The third kappa shape index (κ3) is 5.43. The molecule has 2 amide bonds. The Bertz CT molecular complexity index is 444. The maximum absolute atomic E-state index is 12.0. The van der Waals surface area contributed by atoms with Gasteiger partial charge in [0, 0.05) is 24.7 Å². The summed E-state index contributed by atoms with van der Waals surface area (Å²) in [5, 5.41) is 5.44. The van der Waals surface area contributed by atoms with Crippen molar-refractivity contribution in [1.29, 1.82) is 0 Å². The Hall–Kier alpha value is -1.84. The van der Waals surface area contributed by atoms with Crippen molar-refractivity contribution in [2.24, 2.45) is 0 Å². The quantitative estimate of drug-likeness (QED) is 0.717. The Morgan fingerprint density at radius 2 is 1.65 bits per heavy atom. The van der Waals surface area contributed by atoms with Crippen molar-refractivity contribution in [3.8, 4) is 0 Å². The van der Waals surface area contributed by atoms with Crippen LogP contribution >= 0.6 is 0 Å². The number of carbonyl (C=O) groups excluding carboxylic acids is 2. The molecule has 4 nitrogen and oxygen atoms in total. The number of hydrogen-bond donors (Lipinski definition) is 2. The lowest BCUT2D eigenvalue weighted by atomic mass is 10.1. The van der Waals surface area contributed by atoms with E-state index >= 15 is 0 Å². The molecular weight excluding hydrogens is 252 g/mol. The van der Waals surface area contributed by atoms with E-state index in [1.165, 1.54) is 19.3 Å². The Morgan fingerprint density at radius 3 is 2.30 bits per heavy atom. The summed E-state index contributed by atoms with van der Waals surface area (Å²) in [6.07, 6.45) is 5.84. The van der Waals surface area contributed by atoms with Crippen LogP contribution in [0.3, 0.4) is 0 Å². The van der Waals surface area contributed by atoms with Crippen LogP contribution in [0.25, 0.3) is 0 Å². The van der Waals surface area contributed by atoms with Crippen LogP contribution in [0.1, 0.15) is 59.7 Å². The zero-order chi connectivity index (χ0) is 14.8. The fourth-order valence-corrected chi connectivity index (χ4v) is 1.98. The summed E-state index contributed by atoms with van der Waals surface area (Å²) in [6, 6.07) is 6.76. The molecule has 0 saturated carbocycles. The van der Waals surface area contributed by atoms with Gasteiger partial charge in [0.1, 0.15) is 0 Å². The number of nitrogens with one attached hydrogen (secondary N) is 2. The summed E-state index contributed by atoms with van der Waals surface area (Å²) in [5.41, 5.74) is 1.03. The molecule has 0 spiro atoms. The van der Waals surface area contributed by atoms with E-state index in [4.69, 9.17) is 0 Å². The lowest BCUT2D eigenvalue weighted by Gasteiger charge is -2.06. The highest BCUT2D eigenvalue weighted by Gasteiger charge is 2.08. The van der Waals surface area contributed by atoms with Crippen molar-refractivity contribution in [2.45, 2.75) is 39.0 Å². The molecule has 0 aromatic heterocycles. The van der Waals surface area contributed by atoms with Gasteiger partial charge in [0.25, 0.3) is 11.8 Å². The van der Waals surface area contributed by atoms with Crippen LogP contribution < -0.4 is 10.6 Å². The van der Waals surface area contributed by atoms with Gasteiger partial charge in [-0.1, -0.05) is 38.7 Å². The first-order valence-electron chi connectivity index (χ1n) is 7.29. The Kier molecular flexibility index (Phi) is 7.40. The standard InChI is InChI=1S/C16H24N2O2/c1-3-4-5-6-7-11-18-16(20)14-10-8-9-13(12-14)15(19)17-2/h8-10,12H,3-7,11H2,1-2H3,(H,17,19)(H,18,20). The third-order valence-corrected chi connectivity index (χ3v) is 3.18. The van der Waals surface area contributed by atoms with Gasteiger partial charge in [0.05, 0.1) is 0 Å². The molecule has 1 aromatic carbocycles. The summed E-state index contributed by atoms with van der Waals surface area (Å²) in [6.45, 7) is 2.87. The molecule has 0 radical (unpaired) electrons. The average Bonchev–Trinajstić information content (AvgIpc) is 2.49. The minimum absolute atomic E-state index is 0.119. The van der Waals surface area contributed by atoms with Gasteiger partial charge >= 0.3 is 0 Å². The Morgan fingerprint density at radius 1 is 1.00 bits per heavy atom. The molecule has 0 fully saturated rings. The normalized spacial score (nSPS) is 10.1. The molecule has 1 aromatic rings. The largest absolute Gasteiger partial charge is 0.355 e. The predicted molar refractivity (Wildman–Crippen MR) is 80.9 cm³/mol. The van der Waals surface area contributed by atoms with Crippen molar-refractivity contribution in [1.82, 2.24) is 10.6 Å². The topological polar surface area (TPSA) is 58.2 Å². The molecule has 2 N–H and O–H groups in total. The van der Waals surface area contributed by atoms with Gasteiger partial charge < -0.3 is 10.6 Å². The van der Waals surface area contributed by atoms with E-state index in [1.54, 1.807) is 31.3 Å². The van der Waals surface area contributed by atoms with Crippen LogP contribution in [0.2, 0.25) is 0 Å². The summed E-state index contributed by atoms with van der Waals surface area (Å²) in [5.74, 6) is -0.300. The number of rotatable bonds is 8. The molecule has 0 heterocycles. The van der Waals surface area contributed by atoms with Crippen molar-refractivity contribution in [3.63, 3.8) is 0 Å². The first kappa shape index (κ1) is 16.2. The van der Waals surface area contributed by atoms with E-state index in [1.807, 2.05) is 0 Å². The monoisotopic (exact) mass is 276 g/mol. The molecule has 1 rings (SSSR count). The molecule has 0 unspecified atom stereocenters. The summed E-state index contributed by atoms with van der Waals surface area (Å²) in [4.78, 5) is 23.5. The van der Waals surface area contributed by atoms with E-state index in [0.29, 0.717) is 17.7 Å². The summed E-state index contributed by atoms with van der Waals surface area (Å²) < 4.78 is 0. The average molecular weight is 276 g/mol. The van der Waals surface area contributed by atoms with Gasteiger partial charge in [-0.15, -0.1) is 0 Å². The fraction of sp³-hybridized carbons (Fsp3) is 0.500. The van der Waals surface area contributed by atoms with E-state index < -0.39 is 0 Å². The second-order valence-corrected chi connectivity index (χ2v) is 4.83. The molecule has 0 saturated heterocycles. The van der Waals surface area contributed by atoms with Gasteiger partial charge in [-0.25, -0.2) is 0 Å². The molecule has 0 bridgehead atoms. The number of carbonyl (C=O) groups is 2. The van der Waals surface area contributed by atoms with Crippen molar-refractivity contribution >= 4 is 11.8 Å². The van der Waals surface area contributed by atoms with Gasteiger partial charge in [-0.3, -0.25) is 9.59 Å². The SMILES string of the molecule is CCCCCCCNC(=O)c1cccc(C(=O)NC)c1. The van der Waals surface area contributed by atoms with Crippen LogP contribution in [-0.4, -0.2) is 25.4 Å². The van der Waals surface area contributed by atoms with Crippen molar-refractivity contribution < 1.29 is 9.59 Å². The van der Waals surface area contributed by atoms with E-state index in [0.717, 1.165) is 12.8 Å². The number of hydrogen-bond acceptors (Lipinski definition) is 2. The van der Waals surface area contributed by atoms with Crippen LogP contribution in [0.5, 0.6) is 0 Å². The van der Waals surface area contributed by atoms with Crippen LogP contribution in [0, 0.1) is 0 Å². The Balaban J connectivity index is 2.41. The van der Waals surface area contributed by atoms with Crippen LogP contribution in [0.4, 0.5) is 0 Å². The van der Waals surface area contributed by atoms with Gasteiger partial charge in [0.15, 0.2) is 0 Å². The van der Waals surface area contributed by atoms with Gasteiger partial charge in [-0.05, 0) is 24.6 Å². The highest BCUT2D eigenvalue weighted by atomic mass is 16.2. The fourth-order valence-electron chi connectivity index (χ4n) is 1.98. The lowest BCUT2D eigenvalue weighted by molar-refractivity contribution is 0.0953. The molecule has 4 heteroatoms. The molecule has 20 heavy (non-hydrogen) atoms. The van der Waals surface area contributed by atoms with Crippen LogP contribution in [0.15, 0.2) is 24.3 Å². The zero-order valence-electron chi connectivity index (χ0n) is 12.4. The first-order chi connectivity index (χ1) is 9.69. The minimum Gasteiger partial charge on any atom is -0.355 e. The minimum atomic E-state index is -0.181. The van der Waals surface area contributed by atoms with Gasteiger partial charge in [-0.2, -0.15) is 0 Å². The molecule has 0 aliphatic carbocycles. The second-order valence-electron chi connectivity index (χ2n) is 4.83. The van der Waals surface area contributed by atoms with Crippen molar-refractivity contribution in [3.05, 3.63) is 35.4 Å². The molecule has 0 atom stereocenters. The van der Waals surface area contributed by atoms with Crippen LogP contribution in [-0.2, 0) is 0 Å². The maximum Gasteiger partial charge on any atom is 0.251 e.